The first-order valence-electron chi connectivity index (χ1n) is 7.85. The summed E-state index contributed by atoms with van der Waals surface area (Å²) in [5.41, 5.74) is 0.850. The molecule has 22 heavy (non-hydrogen) atoms. The number of benzene rings is 1. The van der Waals surface area contributed by atoms with Crippen LogP contribution in [0.1, 0.15) is 32.6 Å². The molecule has 0 aromatic heterocycles. The van der Waals surface area contributed by atoms with Crippen LogP contribution in [0.2, 0.25) is 0 Å². The highest BCUT2D eigenvalue weighted by Crippen LogP contribution is 2.49. The molecule has 0 amide bonds. The van der Waals surface area contributed by atoms with Crippen LogP contribution in [-0.2, 0) is 0 Å². The van der Waals surface area contributed by atoms with E-state index in [0.29, 0.717) is 11.2 Å². The highest BCUT2D eigenvalue weighted by Gasteiger charge is 2.41. The third-order valence-electron chi connectivity index (χ3n) is 5.13. The molecule has 0 unspecified atom stereocenters. The minimum absolute atomic E-state index is 0.0831. The van der Waals surface area contributed by atoms with Crippen LogP contribution in [0, 0.1) is 27.9 Å². The Bertz CT molecular complexity index is 575. The minimum Gasteiger partial charge on any atom is -0.360 e. The van der Waals surface area contributed by atoms with Gasteiger partial charge in [-0.25, -0.2) is 0 Å². The lowest BCUT2D eigenvalue weighted by Crippen LogP contribution is -2.42. The van der Waals surface area contributed by atoms with Gasteiger partial charge in [0.15, 0.2) is 5.11 Å². The van der Waals surface area contributed by atoms with E-state index >= 15 is 0 Å². The molecule has 0 heterocycles. The fourth-order valence-corrected chi connectivity index (χ4v) is 4.36. The molecule has 1 aromatic rings. The summed E-state index contributed by atoms with van der Waals surface area (Å²) in [6, 6.07) is 6.67. The third-order valence-corrected chi connectivity index (χ3v) is 5.35. The number of rotatable bonds is 4. The van der Waals surface area contributed by atoms with Crippen molar-refractivity contribution >= 4 is 28.7 Å². The van der Waals surface area contributed by atoms with Gasteiger partial charge in [0.1, 0.15) is 0 Å². The van der Waals surface area contributed by atoms with Crippen molar-refractivity contribution in [1.82, 2.24) is 5.32 Å². The van der Waals surface area contributed by atoms with Crippen LogP contribution in [0.4, 0.5) is 11.4 Å². The number of nitro groups is 1. The van der Waals surface area contributed by atoms with Crippen molar-refractivity contribution in [2.45, 2.75) is 38.6 Å². The van der Waals surface area contributed by atoms with E-state index in [1.54, 1.807) is 12.1 Å². The molecule has 0 saturated heterocycles. The van der Waals surface area contributed by atoms with Gasteiger partial charge in [-0.1, -0.05) is 6.42 Å². The number of hydrogen-bond donors (Lipinski definition) is 2. The molecule has 2 aliphatic rings. The van der Waals surface area contributed by atoms with E-state index in [-0.39, 0.29) is 5.69 Å². The summed E-state index contributed by atoms with van der Waals surface area (Å²) >= 11 is 5.36. The first kappa shape index (κ1) is 15.2. The fraction of sp³-hybridized carbons (Fsp3) is 0.562. The van der Waals surface area contributed by atoms with Crippen molar-refractivity contribution in [2.75, 3.05) is 5.32 Å². The van der Waals surface area contributed by atoms with E-state index in [4.69, 9.17) is 12.2 Å². The summed E-state index contributed by atoms with van der Waals surface area (Å²) in [6.07, 6.45) is 5.47. The zero-order valence-corrected chi connectivity index (χ0v) is 13.4. The largest absolute Gasteiger partial charge is 0.360 e. The standard InChI is InChI=1S/C16H21N3O2S/c1-10(15-9-11-2-3-12(15)8-11)17-16(22)18-13-4-6-14(7-5-13)19(20)21/h4-7,10-12,15H,2-3,8-9H2,1H3,(H2,17,18,22)/t10-,11-,12-,15+/m1/s1. The number of thiocarbonyl (C=S) groups is 1. The fourth-order valence-electron chi connectivity index (χ4n) is 4.05. The lowest BCUT2D eigenvalue weighted by molar-refractivity contribution is -0.384. The van der Waals surface area contributed by atoms with Gasteiger partial charge in [0.05, 0.1) is 4.92 Å². The number of anilines is 1. The van der Waals surface area contributed by atoms with Crippen molar-refractivity contribution in [1.29, 1.82) is 0 Å². The molecule has 3 rings (SSSR count). The molecule has 0 aliphatic heterocycles. The Labute approximate surface area is 135 Å². The molecule has 2 saturated carbocycles. The molecule has 5 nitrogen and oxygen atoms in total. The summed E-state index contributed by atoms with van der Waals surface area (Å²) in [5, 5.41) is 17.7. The van der Waals surface area contributed by atoms with Gasteiger partial charge >= 0.3 is 0 Å². The van der Waals surface area contributed by atoms with Gasteiger partial charge in [-0.2, -0.15) is 0 Å². The van der Waals surface area contributed by atoms with Crippen molar-refractivity contribution < 1.29 is 4.92 Å². The quantitative estimate of drug-likeness (QED) is 0.503. The predicted octanol–water partition coefficient (Wildman–Crippen LogP) is 3.71. The molecule has 118 valence electrons. The number of nitro benzene ring substituents is 1. The first-order chi connectivity index (χ1) is 10.5. The second-order valence-electron chi connectivity index (χ2n) is 6.53. The van der Waals surface area contributed by atoms with E-state index in [0.717, 1.165) is 23.4 Å². The van der Waals surface area contributed by atoms with E-state index in [9.17, 15) is 10.1 Å². The topological polar surface area (TPSA) is 67.2 Å². The maximum Gasteiger partial charge on any atom is 0.269 e. The number of nitrogens with zero attached hydrogens (tertiary/aromatic N) is 1. The zero-order valence-electron chi connectivity index (χ0n) is 12.6. The Hall–Kier alpha value is -1.69. The lowest BCUT2D eigenvalue weighted by Gasteiger charge is -2.29. The molecule has 2 bridgehead atoms. The highest BCUT2D eigenvalue weighted by molar-refractivity contribution is 7.80. The molecular weight excluding hydrogens is 298 g/mol. The normalized spacial score (nSPS) is 27.4. The Morgan fingerprint density at radius 2 is 2.05 bits per heavy atom. The van der Waals surface area contributed by atoms with Crippen LogP contribution < -0.4 is 10.6 Å². The Balaban J connectivity index is 1.52. The minimum atomic E-state index is -0.405. The number of nitrogens with one attached hydrogen (secondary N) is 2. The smallest absolute Gasteiger partial charge is 0.269 e. The summed E-state index contributed by atoms with van der Waals surface area (Å²) in [6.45, 7) is 2.20. The third kappa shape index (κ3) is 3.21. The molecule has 4 atom stereocenters. The molecular formula is C16H21N3O2S. The monoisotopic (exact) mass is 319 g/mol. The Kier molecular flexibility index (Phi) is 4.29. The average Bonchev–Trinajstić information content (AvgIpc) is 3.10. The highest BCUT2D eigenvalue weighted by atomic mass is 32.1. The number of hydrogen-bond acceptors (Lipinski definition) is 3. The van der Waals surface area contributed by atoms with Gasteiger partial charge in [0.25, 0.3) is 5.69 Å². The van der Waals surface area contributed by atoms with Gasteiger partial charge in [0, 0.05) is 23.9 Å². The summed E-state index contributed by atoms with van der Waals surface area (Å²) in [5.74, 6) is 2.50. The molecule has 2 aliphatic carbocycles. The van der Waals surface area contributed by atoms with Crippen molar-refractivity contribution in [3.8, 4) is 0 Å². The van der Waals surface area contributed by atoms with Crippen LogP contribution in [0.25, 0.3) is 0 Å². The number of fused-ring (bicyclic) bond motifs is 2. The van der Waals surface area contributed by atoms with Crippen LogP contribution >= 0.6 is 12.2 Å². The average molecular weight is 319 g/mol. The molecule has 1 aromatic carbocycles. The maximum atomic E-state index is 10.6. The molecule has 2 N–H and O–H groups in total. The molecule has 2 fully saturated rings. The van der Waals surface area contributed by atoms with E-state index in [1.165, 1.54) is 37.8 Å². The van der Waals surface area contributed by atoms with Crippen molar-refractivity contribution in [2.24, 2.45) is 17.8 Å². The molecule has 0 spiro atoms. The van der Waals surface area contributed by atoms with Crippen LogP contribution in [-0.4, -0.2) is 16.1 Å². The van der Waals surface area contributed by atoms with E-state index in [2.05, 4.69) is 17.6 Å². The zero-order chi connectivity index (χ0) is 15.7. The van der Waals surface area contributed by atoms with E-state index < -0.39 is 4.92 Å². The summed E-state index contributed by atoms with van der Waals surface area (Å²) in [7, 11) is 0. The van der Waals surface area contributed by atoms with Crippen molar-refractivity contribution in [3.05, 3.63) is 34.4 Å². The molecule has 0 radical (unpaired) electrons. The van der Waals surface area contributed by atoms with Crippen LogP contribution in [0.5, 0.6) is 0 Å². The Morgan fingerprint density at radius 3 is 2.59 bits per heavy atom. The van der Waals surface area contributed by atoms with Gasteiger partial charge in [-0.15, -0.1) is 0 Å². The lowest BCUT2D eigenvalue weighted by atomic mass is 9.84. The maximum absolute atomic E-state index is 10.6. The molecule has 6 heteroatoms. The SMILES string of the molecule is C[C@@H](NC(=S)Nc1ccc([N+](=O)[O-])cc1)[C@@H]1C[C@@H]2CC[C@@H]1C2. The Morgan fingerprint density at radius 1 is 1.32 bits per heavy atom. The predicted molar refractivity (Wildman–Crippen MR) is 90.9 cm³/mol. The van der Waals surface area contributed by atoms with Gasteiger partial charge < -0.3 is 10.6 Å². The first-order valence-corrected chi connectivity index (χ1v) is 8.25. The van der Waals surface area contributed by atoms with Gasteiger partial charge in [-0.05, 0) is 68.3 Å². The second kappa shape index (κ2) is 6.20. The second-order valence-corrected chi connectivity index (χ2v) is 6.94. The number of non-ortho nitro benzene ring substituents is 1. The van der Waals surface area contributed by atoms with Gasteiger partial charge in [0.2, 0.25) is 0 Å². The summed E-state index contributed by atoms with van der Waals surface area (Å²) in [4.78, 5) is 10.2. The van der Waals surface area contributed by atoms with Crippen LogP contribution in [0.3, 0.4) is 0 Å². The van der Waals surface area contributed by atoms with Gasteiger partial charge in [-0.3, -0.25) is 10.1 Å². The van der Waals surface area contributed by atoms with E-state index in [1.807, 2.05) is 0 Å². The summed E-state index contributed by atoms with van der Waals surface area (Å²) < 4.78 is 0. The van der Waals surface area contributed by atoms with Crippen molar-refractivity contribution in [3.63, 3.8) is 0 Å². The van der Waals surface area contributed by atoms with Crippen LogP contribution in [0.15, 0.2) is 24.3 Å².